The molecule has 11 heteroatoms. The Morgan fingerprint density at radius 3 is 2.49 bits per heavy atom. The average molecular weight is 564 g/mol. The van der Waals surface area contributed by atoms with Crippen LogP contribution in [0.3, 0.4) is 0 Å². The van der Waals surface area contributed by atoms with Gasteiger partial charge in [0.25, 0.3) is 5.91 Å². The van der Waals surface area contributed by atoms with Gasteiger partial charge in [-0.05, 0) is 36.5 Å². The van der Waals surface area contributed by atoms with Crippen LogP contribution in [0.5, 0.6) is 0 Å². The van der Waals surface area contributed by atoms with E-state index in [1.807, 2.05) is 17.0 Å². The van der Waals surface area contributed by atoms with Crippen LogP contribution in [0.25, 0.3) is 0 Å². The number of fused-ring (bicyclic) bond motifs is 1. The number of carbonyl (C=O) groups excluding carboxylic acids is 3. The van der Waals surface area contributed by atoms with Gasteiger partial charge in [-0.2, -0.15) is 0 Å². The van der Waals surface area contributed by atoms with Crippen LogP contribution in [-0.2, 0) is 22.6 Å². The molecule has 5 rings (SSSR count). The van der Waals surface area contributed by atoms with E-state index >= 15 is 0 Å². The zero-order chi connectivity index (χ0) is 28.8. The number of amides is 3. The van der Waals surface area contributed by atoms with Gasteiger partial charge in [-0.15, -0.1) is 0 Å². The molecule has 220 valence electrons. The fourth-order valence-electron chi connectivity index (χ4n) is 5.89. The maximum Gasteiger partial charge on any atom is 0.270 e. The van der Waals surface area contributed by atoms with Gasteiger partial charge < -0.3 is 30.4 Å². The zero-order valence-electron chi connectivity index (χ0n) is 23.8. The van der Waals surface area contributed by atoms with Crippen LogP contribution in [0, 0.1) is 0 Å². The SMILES string of the molecule is CC(=O)N1CCN(c2cc(NC3CCN(C=O)CC3)cc(C(=O)NCC(O)CN3CCc4ccccc4C3)n2)CC1. The lowest BCUT2D eigenvalue weighted by Gasteiger charge is -2.35. The Morgan fingerprint density at radius 2 is 1.78 bits per heavy atom. The van der Waals surface area contributed by atoms with Crippen LogP contribution < -0.4 is 15.5 Å². The molecule has 0 bridgehead atoms. The number of hydrogen-bond donors (Lipinski definition) is 3. The number of nitrogens with zero attached hydrogens (tertiary/aromatic N) is 5. The first-order valence-corrected chi connectivity index (χ1v) is 14.6. The number of aromatic nitrogens is 1. The normalized spacial score (nSPS) is 18.9. The number of hydrogen-bond acceptors (Lipinski definition) is 8. The molecule has 0 aliphatic carbocycles. The molecular formula is C30H41N7O4. The molecule has 1 atom stereocenters. The molecule has 0 saturated carbocycles. The van der Waals surface area contributed by atoms with E-state index in [0.717, 1.165) is 44.4 Å². The van der Waals surface area contributed by atoms with E-state index in [1.54, 1.807) is 17.9 Å². The van der Waals surface area contributed by atoms with Gasteiger partial charge in [0.15, 0.2) is 0 Å². The predicted molar refractivity (Wildman–Crippen MR) is 157 cm³/mol. The number of aliphatic hydroxyl groups excluding tert-OH is 1. The summed E-state index contributed by atoms with van der Waals surface area (Å²) < 4.78 is 0. The summed E-state index contributed by atoms with van der Waals surface area (Å²) in [6.45, 7) is 7.73. The monoisotopic (exact) mass is 563 g/mol. The minimum atomic E-state index is -0.701. The van der Waals surface area contributed by atoms with Crippen molar-refractivity contribution in [2.24, 2.45) is 0 Å². The van der Waals surface area contributed by atoms with Gasteiger partial charge >= 0.3 is 0 Å². The molecule has 1 unspecified atom stereocenters. The zero-order valence-corrected chi connectivity index (χ0v) is 23.8. The smallest absolute Gasteiger partial charge is 0.270 e. The third-order valence-corrected chi connectivity index (χ3v) is 8.32. The number of β-amino-alcohol motifs (C(OH)–C–C–N with tert-alkyl or cyclic N) is 1. The van der Waals surface area contributed by atoms with Crippen molar-refractivity contribution in [2.75, 3.05) is 69.1 Å². The molecule has 3 amide bonds. The third-order valence-electron chi connectivity index (χ3n) is 8.32. The van der Waals surface area contributed by atoms with Gasteiger partial charge in [0.2, 0.25) is 12.3 Å². The van der Waals surface area contributed by atoms with E-state index in [1.165, 1.54) is 11.1 Å². The van der Waals surface area contributed by atoms with Crippen LogP contribution in [-0.4, -0.2) is 114 Å². The molecule has 3 N–H and O–H groups in total. The summed E-state index contributed by atoms with van der Waals surface area (Å²) >= 11 is 0. The summed E-state index contributed by atoms with van der Waals surface area (Å²) in [5, 5.41) is 17.2. The van der Waals surface area contributed by atoms with E-state index in [0.29, 0.717) is 51.6 Å². The van der Waals surface area contributed by atoms with Crippen molar-refractivity contribution in [3.05, 3.63) is 53.2 Å². The van der Waals surface area contributed by atoms with E-state index < -0.39 is 6.10 Å². The number of pyridine rings is 1. The van der Waals surface area contributed by atoms with Crippen LogP contribution >= 0.6 is 0 Å². The quantitative estimate of drug-likeness (QED) is 0.386. The second-order valence-corrected chi connectivity index (χ2v) is 11.3. The Hall–Kier alpha value is -3.70. The average Bonchev–Trinajstić information content (AvgIpc) is 3.00. The van der Waals surface area contributed by atoms with Crippen molar-refractivity contribution in [3.8, 4) is 0 Å². The number of rotatable bonds is 9. The lowest BCUT2D eigenvalue weighted by atomic mass is 10.00. The highest BCUT2D eigenvalue weighted by Crippen LogP contribution is 2.24. The maximum atomic E-state index is 13.3. The summed E-state index contributed by atoms with van der Waals surface area (Å²) in [5.74, 6) is 0.402. The second kappa shape index (κ2) is 13.3. The largest absolute Gasteiger partial charge is 0.390 e. The van der Waals surface area contributed by atoms with Crippen LogP contribution in [0.1, 0.15) is 41.4 Å². The number of carbonyl (C=O) groups is 3. The van der Waals surface area contributed by atoms with Gasteiger partial charge in [-0.25, -0.2) is 4.98 Å². The Labute approximate surface area is 241 Å². The highest BCUT2D eigenvalue weighted by Gasteiger charge is 2.24. The lowest BCUT2D eigenvalue weighted by Crippen LogP contribution is -2.48. The number of aliphatic hydroxyl groups is 1. The molecule has 41 heavy (non-hydrogen) atoms. The van der Waals surface area contributed by atoms with Gasteiger partial charge in [0.05, 0.1) is 6.10 Å². The molecule has 3 aliphatic rings. The van der Waals surface area contributed by atoms with Gasteiger partial charge in [-0.1, -0.05) is 24.3 Å². The van der Waals surface area contributed by atoms with Crippen molar-refractivity contribution in [1.29, 1.82) is 0 Å². The van der Waals surface area contributed by atoms with Crippen molar-refractivity contribution < 1.29 is 19.5 Å². The molecular weight excluding hydrogens is 522 g/mol. The summed E-state index contributed by atoms with van der Waals surface area (Å²) in [6, 6.07) is 12.3. The minimum Gasteiger partial charge on any atom is -0.390 e. The fourth-order valence-corrected chi connectivity index (χ4v) is 5.89. The van der Waals surface area contributed by atoms with Crippen LogP contribution in [0.4, 0.5) is 11.5 Å². The van der Waals surface area contributed by atoms with E-state index in [9.17, 15) is 19.5 Å². The number of anilines is 2. The van der Waals surface area contributed by atoms with Crippen molar-refractivity contribution >= 4 is 29.7 Å². The molecule has 3 aliphatic heterocycles. The highest BCUT2D eigenvalue weighted by atomic mass is 16.3. The molecule has 4 heterocycles. The number of likely N-dealkylation sites (tertiary alicyclic amines) is 1. The molecule has 2 saturated heterocycles. The number of benzene rings is 1. The van der Waals surface area contributed by atoms with E-state index in [4.69, 9.17) is 0 Å². The lowest BCUT2D eigenvalue weighted by molar-refractivity contribution is -0.129. The third kappa shape index (κ3) is 7.53. The van der Waals surface area contributed by atoms with Crippen LogP contribution in [0.15, 0.2) is 36.4 Å². The molecule has 1 aromatic heterocycles. The topological polar surface area (TPSA) is 121 Å². The first-order chi connectivity index (χ1) is 19.9. The Kier molecular flexibility index (Phi) is 9.35. The van der Waals surface area contributed by atoms with E-state index in [2.05, 4.69) is 43.6 Å². The number of piperazine rings is 1. The van der Waals surface area contributed by atoms with Gasteiger partial charge in [0.1, 0.15) is 11.5 Å². The molecule has 11 nitrogen and oxygen atoms in total. The Balaban J connectivity index is 1.22. The summed E-state index contributed by atoms with van der Waals surface area (Å²) in [7, 11) is 0. The van der Waals surface area contributed by atoms with Gasteiger partial charge in [-0.3, -0.25) is 19.3 Å². The summed E-state index contributed by atoms with van der Waals surface area (Å²) in [4.78, 5) is 48.8. The van der Waals surface area contributed by atoms with Crippen molar-refractivity contribution in [3.63, 3.8) is 0 Å². The number of piperidine rings is 1. The first kappa shape index (κ1) is 28.8. The maximum absolute atomic E-state index is 13.3. The number of nitrogens with one attached hydrogen (secondary N) is 2. The van der Waals surface area contributed by atoms with E-state index in [-0.39, 0.29) is 30.1 Å². The molecule has 1 aromatic carbocycles. The summed E-state index contributed by atoms with van der Waals surface area (Å²) in [6.07, 6.45) is 2.79. The Morgan fingerprint density at radius 1 is 1.05 bits per heavy atom. The molecule has 0 spiro atoms. The molecule has 2 aromatic rings. The van der Waals surface area contributed by atoms with Crippen molar-refractivity contribution in [1.82, 2.24) is 25.0 Å². The molecule has 0 radical (unpaired) electrons. The second-order valence-electron chi connectivity index (χ2n) is 11.3. The summed E-state index contributed by atoms with van der Waals surface area (Å²) in [5.41, 5.74) is 3.73. The minimum absolute atomic E-state index is 0.0575. The Bertz CT molecular complexity index is 1230. The standard InChI is InChI=1S/C30H41N7O4/c1-22(39)36-12-14-37(15-13-36)29-17-26(32-25-7-10-34(21-38)11-8-25)16-28(33-29)30(41)31-18-27(40)20-35-9-6-23-4-2-3-5-24(23)19-35/h2-5,16-17,21,25,27,40H,6-15,18-20H2,1H3,(H,31,41)(H,32,33). The van der Waals surface area contributed by atoms with Crippen LogP contribution in [0.2, 0.25) is 0 Å². The fraction of sp³-hybridized carbons (Fsp3) is 0.533. The first-order valence-electron chi connectivity index (χ1n) is 14.6. The predicted octanol–water partition coefficient (Wildman–Crippen LogP) is 0.932. The van der Waals surface area contributed by atoms with Crippen molar-refractivity contribution in [2.45, 2.75) is 44.9 Å². The van der Waals surface area contributed by atoms with Gasteiger partial charge in [0, 0.05) is 90.2 Å². The molecule has 2 fully saturated rings. The highest BCUT2D eigenvalue weighted by molar-refractivity contribution is 5.93.